The molecule has 1 unspecified atom stereocenters. The molecule has 2 aromatic rings. The van der Waals surface area contributed by atoms with Gasteiger partial charge in [-0.1, -0.05) is 42.5 Å². The van der Waals surface area contributed by atoms with Gasteiger partial charge in [0.25, 0.3) is 0 Å². The molecule has 2 aromatic carbocycles. The van der Waals surface area contributed by atoms with Crippen LogP contribution in [0.5, 0.6) is 0 Å². The molecule has 0 heterocycles. The van der Waals surface area contributed by atoms with Gasteiger partial charge in [0, 0.05) is 6.42 Å². The molecule has 0 aromatic heterocycles. The van der Waals surface area contributed by atoms with Gasteiger partial charge in [0.05, 0.1) is 0 Å². The number of hydrogen-bond acceptors (Lipinski definition) is 2. The van der Waals surface area contributed by atoms with Crippen molar-refractivity contribution in [3.8, 4) is 0 Å². The summed E-state index contributed by atoms with van der Waals surface area (Å²) in [5, 5.41) is 8.92. The van der Waals surface area contributed by atoms with Crippen LogP contribution in [0.15, 0.2) is 54.6 Å². The van der Waals surface area contributed by atoms with Crippen molar-refractivity contribution in [3.05, 3.63) is 71.5 Å². The molecular formula is C14H13FO2. The predicted molar refractivity (Wildman–Crippen MR) is 63.0 cm³/mol. The third-order valence-corrected chi connectivity index (χ3v) is 2.63. The Kier molecular flexibility index (Phi) is 3.85. The first kappa shape index (κ1) is 11.8. The third-order valence-electron chi connectivity index (χ3n) is 2.63. The van der Waals surface area contributed by atoms with Crippen molar-refractivity contribution in [1.82, 2.24) is 0 Å². The number of halogens is 1. The first-order chi connectivity index (χ1) is 8.29. The van der Waals surface area contributed by atoms with E-state index in [0.717, 1.165) is 11.1 Å². The van der Waals surface area contributed by atoms with E-state index in [1.807, 2.05) is 30.3 Å². The second kappa shape index (κ2) is 5.57. The zero-order valence-electron chi connectivity index (χ0n) is 9.21. The van der Waals surface area contributed by atoms with E-state index in [-0.39, 0.29) is 5.82 Å². The molecule has 2 rings (SSSR count). The largest absolute Gasteiger partial charge is 0.251 e. The maximum atomic E-state index is 12.8. The van der Waals surface area contributed by atoms with Gasteiger partial charge in [-0.3, -0.25) is 5.26 Å². The number of rotatable bonds is 4. The summed E-state index contributed by atoms with van der Waals surface area (Å²) in [6, 6.07) is 15.6. The van der Waals surface area contributed by atoms with Gasteiger partial charge in [-0.05, 0) is 23.3 Å². The molecule has 17 heavy (non-hydrogen) atoms. The molecule has 0 saturated carbocycles. The van der Waals surface area contributed by atoms with Gasteiger partial charge < -0.3 is 0 Å². The van der Waals surface area contributed by atoms with Crippen LogP contribution in [0.4, 0.5) is 4.39 Å². The fourth-order valence-electron chi connectivity index (χ4n) is 1.72. The van der Waals surface area contributed by atoms with Gasteiger partial charge in [-0.2, -0.15) is 0 Å². The minimum atomic E-state index is -0.474. The highest BCUT2D eigenvalue weighted by molar-refractivity contribution is 5.23. The van der Waals surface area contributed by atoms with Crippen molar-refractivity contribution in [1.29, 1.82) is 0 Å². The van der Waals surface area contributed by atoms with Crippen LogP contribution in [-0.2, 0) is 11.3 Å². The van der Waals surface area contributed by atoms with Gasteiger partial charge in [-0.25, -0.2) is 9.28 Å². The molecule has 0 aliphatic rings. The Morgan fingerprint density at radius 2 is 1.65 bits per heavy atom. The van der Waals surface area contributed by atoms with Crippen LogP contribution in [0, 0.1) is 5.82 Å². The Labute approximate surface area is 99.2 Å². The van der Waals surface area contributed by atoms with E-state index in [1.165, 1.54) is 12.1 Å². The zero-order valence-corrected chi connectivity index (χ0v) is 9.21. The molecule has 0 saturated heterocycles. The molecular weight excluding hydrogens is 219 g/mol. The highest BCUT2D eigenvalue weighted by Crippen LogP contribution is 2.21. The van der Waals surface area contributed by atoms with Crippen molar-refractivity contribution in [2.45, 2.75) is 12.5 Å². The molecule has 0 spiro atoms. The first-order valence-corrected chi connectivity index (χ1v) is 5.39. The normalized spacial score (nSPS) is 12.4. The van der Waals surface area contributed by atoms with E-state index in [4.69, 9.17) is 5.26 Å². The maximum Gasteiger partial charge on any atom is 0.123 e. The fourth-order valence-corrected chi connectivity index (χ4v) is 1.72. The van der Waals surface area contributed by atoms with Crippen molar-refractivity contribution in [2.75, 3.05) is 0 Å². The highest BCUT2D eigenvalue weighted by atomic mass is 19.1. The average molecular weight is 232 g/mol. The first-order valence-electron chi connectivity index (χ1n) is 5.39. The van der Waals surface area contributed by atoms with Crippen LogP contribution in [-0.4, -0.2) is 5.26 Å². The second-order valence-corrected chi connectivity index (χ2v) is 3.84. The molecule has 0 aliphatic heterocycles. The third kappa shape index (κ3) is 3.12. The van der Waals surface area contributed by atoms with Gasteiger partial charge in [0.1, 0.15) is 11.9 Å². The zero-order chi connectivity index (χ0) is 12.1. The van der Waals surface area contributed by atoms with Crippen molar-refractivity contribution >= 4 is 0 Å². The topological polar surface area (TPSA) is 29.5 Å². The molecule has 0 radical (unpaired) electrons. The van der Waals surface area contributed by atoms with E-state index >= 15 is 0 Å². The molecule has 3 heteroatoms. The minimum absolute atomic E-state index is 0.301. The summed E-state index contributed by atoms with van der Waals surface area (Å²) in [7, 11) is 0. The fraction of sp³-hybridized carbons (Fsp3) is 0.143. The van der Waals surface area contributed by atoms with E-state index in [2.05, 4.69) is 4.89 Å². The van der Waals surface area contributed by atoms with E-state index in [0.29, 0.717) is 6.42 Å². The molecule has 0 amide bonds. The standard InChI is InChI=1S/C14H13FO2/c15-13-8-6-12(7-9-13)14(17-16)10-11-4-2-1-3-5-11/h1-9,14,16H,10H2. The average Bonchev–Trinajstić information content (AvgIpc) is 2.38. The predicted octanol–water partition coefficient (Wildman–Crippen LogP) is 3.60. The number of benzene rings is 2. The van der Waals surface area contributed by atoms with Gasteiger partial charge in [0.2, 0.25) is 0 Å². The van der Waals surface area contributed by atoms with Crippen LogP contribution < -0.4 is 0 Å². The lowest BCUT2D eigenvalue weighted by Crippen LogP contribution is -2.05. The summed E-state index contributed by atoms with van der Waals surface area (Å²) >= 11 is 0. The summed E-state index contributed by atoms with van der Waals surface area (Å²) in [5.41, 5.74) is 1.80. The molecule has 0 aliphatic carbocycles. The van der Waals surface area contributed by atoms with Crippen molar-refractivity contribution in [2.24, 2.45) is 0 Å². The number of hydrogen-bond donors (Lipinski definition) is 1. The van der Waals surface area contributed by atoms with Crippen molar-refractivity contribution < 1.29 is 14.5 Å². The summed E-state index contributed by atoms with van der Waals surface area (Å²) in [6.07, 6.45) is 0.0705. The Morgan fingerprint density at radius 3 is 2.24 bits per heavy atom. The Hall–Kier alpha value is -1.71. The van der Waals surface area contributed by atoms with Crippen LogP contribution in [0.25, 0.3) is 0 Å². The second-order valence-electron chi connectivity index (χ2n) is 3.84. The Bertz CT molecular complexity index is 453. The maximum absolute atomic E-state index is 12.8. The monoisotopic (exact) mass is 232 g/mol. The lowest BCUT2D eigenvalue weighted by atomic mass is 10.0. The van der Waals surface area contributed by atoms with E-state index in [9.17, 15) is 4.39 Å². The lowest BCUT2D eigenvalue weighted by molar-refractivity contribution is -0.281. The van der Waals surface area contributed by atoms with Crippen LogP contribution >= 0.6 is 0 Å². The van der Waals surface area contributed by atoms with E-state index in [1.54, 1.807) is 12.1 Å². The quantitative estimate of drug-likeness (QED) is 0.644. The summed E-state index contributed by atoms with van der Waals surface area (Å²) in [5.74, 6) is -0.301. The molecule has 2 nitrogen and oxygen atoms in total. The minimum Gasteiger partial charge on any atom is -0.251 e. The summed E-state index contributed by atoms with van der Waals surface area (Å²) in [4.78, 5) is 4.46. The highest BCUT2D eigenvalue weighted by Gasteiger charge is 2.12. The summed E-state index contributed by atoms with van der Waals surface area (Å²) < 4.78 is 12.8. The molecule has 1 N–H and O–H groups in total. The van der Waals surface area contributed by atoms with Crippen LogP contribution in [0.3, 0.4) is 0 Å². The SMILES string of the molecule is OOC(Cc1ccccc1)c1ccc(F)cc1. The van der Waals surface area contributed by atoms with E-state index < -0.39 is 6.10 Å². The van der Waals surface area contributed by atoms with Gasteiger partial charge in [0.15, 0.2) is 0 Å². The molecule has 0 bridgehead atoms. The molecule has 1 atom stereocenters. The lowest BCUT2D eigenvalue weighted by Gasteiger charge is -2.13. The summed E-state index contributed by atoms with van der Waals surface area (Å²) in [6.45, 7) is 0. The van der Waals surface area contributed by atoms with Gasteiger partial charge in [-0.15, -0.1) is 0 Å². The van der Waals surface area contributed by atoms with Gasteiger partial charge >= 0.3 is 0 Å². The Balaban J connectivity index is 2.14. The molecule has 88 valence electrons. The Morgan fingerprint density at radius 1 is 1.00 bits per heavy atom. The van der Waals surface area contributed by atoms with Crippen molar-refractivity contribution in [3.63, 3.8) is 0 Å². The van der Waals surface area contributed by atoms with Crippen LogP contribution in [0.1, 0.15) is 17.2 Å². The van der Waals surface area contributed by atoms with Crippen LogP contribution in [0.2, 0.25) is 0 Å². The smallest absolute Gasteiger partial charge is 0.123 e. The molecule has 0 fully saturated rings.